The predicted octanol–water partition coefficient (Wildman–Crippen LogP) is 2.12. The van der Waals surface area contributed by atoms with Gasteiger partial charge in [-0.1, -0.05) is 35.5 Å². The van der Waals surface area contributed by atoms with Crippen molar-refractivity contribution in [3.63, 3.8) is 0 Å². The number of hydrogen-bond acceptors (Lipinski definition) is 6. The second kappa shape index (κ2) is 6.81. The number of aliphatic carboxylic acids is 1. The zero-order valence-corrected chi connectivity index (χ0v) is 14.6. The molecule has 1 fully saturated rings. The lowest BCUT2D eigenvalue weighted by Gasteiger charge is -2.31. The fourth-order valence-corrected chi connectivity index (χ4v) is 3.17. The number of hydrogen-bond donors (Lipinski definition) is 1. The molecule has 0 radical (unpaired) electrons. The Morgan fingerprint density at radius 3 is 2.78 bits per heavy atom. The Balaban J connectivity index is 1.79. The van der Waals surface area contributed by atoms with Gasteiger partial charge in [-0.2, -0.15) is 0 Å². The van der Waals surface area contributed by atoms with Crippen LogP contribution in [0.2, 0.25) is 0 Å². The van der Waals surface area contributed by atoms with Crippen molar-refractivity contribution in [1.82, 2.24) is 15.0 Å². The van der Waals surface area contributed by atoms with Crippen LogP contribution >= 0.6 is 0 Å². The second-order valence-corrected chi connectivity index (χ2v) is 6.32. The number of aromatic nitrogens is 2. The van der Waals surface area contributed by atoms with Crippen LogP contribution in [0, 0.1) is 6.92 Å². The van der Waals surface area contributed by atoms with Crippen LogP contribution in [-0.4, -0.2) is 57.8 Å². The van der Waals surface area contributed by atoms with E-state index in [9.17, 15) is 14.7 Å². The van der Waals surface area contributed by atoms with E-state index >= 15 is 0 Å². The molecule has 1 N–H and O–H groups in total. The van der Waals surface area contributed by atoms with Crippen molar-refractivity contribution in [3.05, 3.63) is 47.7 Å². The molecule has 138 valence electrons. The maximum Gasteiger partial charge on any atom is 0.334 e. The quantitative estimate of drug-likeness (QED) is 0.756. The highest BCUT2D eigenvalue weighted by Gasteiger charge is 2.31. The first-order valence-electron chi connectivity index (χ1n) is 8.50. The van der Waals surface area contributed by atoms with Gasteiger partial charge in [0.15, 0.2) is 6.10 Å². The zero-order valence-electron chi connectivity index (χ0n) is 14.6. The van der Waals surface area contributed by atoms with Crippen molar-refractivity contribution in [2.75, 3.05) is 19.7 Å². The van der Waals surface area contributed by atoms with Gasteiger partial charge < -0.3 is 19.3 Å². The maximum atomic E-state index is 13.2. The van der Waals surface area contributed by atoms with E-state index in [-0.39, 0.29) is 24.8 Å². The van der Waals surface area contributed by atoms with Crippen LogP contribution in [0.25, 0.3) is 22.4 Å². The lowest BCUT2D eigenvalue weighted by molar-refractivity contribution is -0.154. The van der Waals surface area contributed by atoms with Gasteiger partial charge in [0.2, 0.25) is 0 Å². The Hall–Kier alpha value is -3.26. The van der Waals surface area contributed by atoms with Crippen molar-refractivity contribution < 1.29 is 24.0 Å². The number of fused-ring (bicyclic) bond motifs is 1. The number of morpholine rings is 1. The van der Waals surface area contributed by atoms with E-state index in [2.05, 4.69) is 10.1 Å². The number of carbonyl (C=O) groups is 2. The number of carboxylic acid groups (broad SMARTS) is 1. The van der Waals surface area contributed by atoms with Crippen LogP contribution in [0.1, 0.15) is 16.1 Å². The fraction of sp³-hybridized carbons (Fsp3) is 0.263. The Bertz CT molecular complexity index is 1010. The molecule has 4 rings (SSSR count). The molecule has 0 aliphatic carbocycles. The topological polar surface area (TPSA) is 106 Å². The summed E-state index contributed by atoms with van der Waals surface area (Å²) < 4.78 is 10.5. The van der Waals surface area contributed by atoms with Crippen LogP contribution in [0.4, 0.5) is 0 Å². The molecule has 1 aliphatic rings. The number of rotatable bonds is 3. The summed E-state index contributed by atoms with van der Waals surface area (Å²) in [7, 11) is 0. The van der Waals surface area contributed by atoms with Crippen molar-refractivity contribution in [2.45, 2.75) is 13.0 Å². The minimum absolute atomic E-state index is 0.0109. The van der Waals surface area contributed by atoms with Crippen molar-refractivity contribution in [3.8, 4) is 11.3 Å². The maximum absolute atomic E-state index is 13.2. The molecule has 0 unspecified atom stereocenters. The summed E-state index contributed by atoms with van der Waals surface area (Å²) in [5, 5.41) is 13.7. The molecule has 0 saturated carbocycles. The second-order valence-electron chi connectivity index (χ2n) is 6.32. The largest absolute Gasteiger partial charge is 0.479 e. The lowest BCUT2D eigenvalue weighted by Crippen LogP contribution is -2.48. The molecule has 8 nitrogen and oxygen atoms in total. The first kappa shape index (κ1) is 17.2. The third-order valence-corrected chi connectivity index (χ3v) is 4.55. The van der Waals surface area contributed by atoms with Crippen LogP contribution in [0.3, 0.4) is 0 Å². The summed E-state index contributed by atoms with van der Waals surface area (Å²) >= 11 is 0. The van der Waals surface area contributed by atoms with Crippen molar-refractivity contribution in [2.24, 2.45) is 0 Å². The van der Waals surface area contributed by atoms with Crippen molar-refractivity contribution in [1.29, 1.82) is 0 Å². The average molecular weight is 367 g/mol. The minimum atomic E-state index is -1.08. The number of amides is 1. The Morgan fingerprint density at radius 1 is 1.26 bits per heavy atom. The van der Waals surface area contributed by atoms with Crippen LogP contribution in [0.15, 0.2) is 40.9 Å². The summed E-state index contributed by atoms with van der Waals surface area (Å²) in [6, 6.07) is 11.1. The smallest absolute Gasteiger partial charge is 0.334 e. The molecule has 27 heavy (non-hydrogen) atoms. The molecule has 1 aromatic carbocycles. The molecule has 1 atom stereocenters. The number of ether oxygens (including phenoxy) is 1. The molecule has 0 bridgehead atoms. The number of nitrogens with zero attached hydrogens (tertiary/aromatic N) is 3. The van der Waals surface area contributed by atoms with E-state index in [1.165, 1.54) is 4.90 Å². The SMILES string of the molecule is Cc1noc2nc(-c3ccccc3)cc(C(=O)N3CCO[C@@H](C(=O)O)C3)c12. The van der Waals surface area contributed by atoms with E-state index < -0.39 is 12.1 Å². The normalized spacial score (nSPS) is 17.2. The van der Waals surface area contributed by atoms with E-state index in [1.807, 2.05) is 30.3 Å². The molecule has 3 heterocycles. The minimum Gasteiger partial charge on any atom is -0.479 e. The number of carbonyl (C=O) groups excluding carboxylic acids is 1. The van der Waals surface area contributed by atoms with Crippen LogP contribution in [0.5, 0.6) is 0 Å². The van der Waals surface area contributed by atoms with Gasteiger partial charge in [0.05, 0.1) is 35.5 Å². The molecular formula is C19H17N3O5. The van der Waals surface area contributed by atoms with Gasteiger partial charge >= 0.3 is 5.97 Å². The third kappa shape index (κ3) is 3.15. The van der Waals surface area contributed by atoms with Gasteiger partial charge in [0, 0.05) is 12.1 Å². The van der Waals surface area contributed by atoms with Gasteiger partial charge in [-0.25, -0.2) is 9.78 Å². The zero-order chi connectivity index (χ0) is 19.0. The lowest BCUT2D eigenvalue weighted by atomic mass is 10.0. The summed E-state index contributed by atoms with van der Waals surface area (Å²) in [6.45, 7) is 2.22. The molecule has 1 saturated heterocycles. The van der Waals surface area contributed by atoms with Gasteiger partial charge in [-0.05, 0) is 13.0 Å². The Kier molecular flexibility index (Phi) is 4.33. The van der Waals surface area contributed by atoms with Crippen LogP contribution in [-0.2, 0) is 9.53 Å². The highest BCUT2D eigenvalue weighted by Crippen LogP contribution is 2.28. The highest BCUT2D eigenvalue weighted by atomic mass is 16.5. The summed E-state index contributed by atoms with van der Waals surface area (Å²) in [6.07, 6.45) is -1.03. The number of pyridine rings is 1. The summed E-state index contributed by atoms with van der Waals surface area (Å²) in [5.74, 6) is -1.38. The van der Waals surface area contributed by atoms with Gasteiger partial charge in [-0.15, -0.1) is 0 Å². The summed E-state index contributed by atoms with van der Waals surface area (Å²) in [4.78, 5) is 30.4. The first-order chi connectivity index (χ1) is 13.0. The van der Waals surface area contributed by atoms with Crippen LogP contribution < -0.4 is 0 Å². The third-order valence-electron chi connectivity index (χ3n) is 4.55. The molecule has 8 heteroatoms. The summed E-state index contributed by atoms with van der Waals surface area (Å²) in [5.41, 5.74) is 2.66. The average Bonchev–Trinajstić information content (AvgIpc) is 3.08. The Labute approximate surface area is 154 Å². The van der Waals surface area contributed by atoms with E-state index in [1.54, 1.807) is 13.0 Å². The van der Waals surface area contributed by atoms with Gasteiger partial charge in [-0.3, -0.25) is 4.79 Å². The van der Waals surface area contributed by atoms with E-state index in [0.29, 0.717) is 28.9 Å². The first-order valence-corrected chi connectivity index (χ1v) is 8.50. The number of aryl methyl sites for hydroxylation is 1. The molecule has 2 aromatic heterocycles. The fourth-order valence-electron chi connectivity index (χ4n) is 3.17. The molecule has 1 aliphatic heterocycles. The van der Waals surface area contributed by atoms with Crippen molar-refractivity contribution >= 4 is 23.0 Å². The highest BCUT2D eigenvalue weighted by molar-refractivity contribution is 6.07. The molecule has 0 spiro atoms. The Morgan fingerprint density at radius 2 is 2.04 bits per heavy atom. The van der Waals surface area contributed by atoms with E-state index in [4.69, 9.17) is 9.26 Å². The predicted molar refractivity (Wildman–Crippen MR) is 95.3 cm³/mol. The molecular weight excluding hydrogens is 350 g/mol. The van der Waals surface area contributed by atoms with Gasteiger partial charge in [0.25, 0.3) is 11.6 Å². The van der Waals surface area contributed by atoms with Gasteiger partial charge in [0.1, 0.15) is 0 Å². The molecule has 3 aromatic rings. The van der Waals surface area contributed by atoms with E-state index in [0.717, 1.165) is 5.56 Å². The number of benzene rings is 1. The monoisotopic (exact) mass is 367 g/mol. The number of carboxylic acids is 1. The standard InChI is InChI=1S/C19H17N3O5/c1-11-16-13(18(23)22-7-8-26-15(10-22)19(24)25)9-14(20-17(16)27-21-11)12-5-3-2-4-6-12/h2-6,9,15H,7-8,10H2,1H3,(H,24,25)/t15-/m1/s1. The molecule has 1 amide bonds.